The molecule has 1 amide bonds. The predicted octanol–water partition coefficient (Wildman–Crippen LogP) is 2.94. The summed E-state index contributed by atoms with van der Waals surface area (Å²) in [4.78, 5) is 24.9. The molecule has 0 saturated heterocycles. The molecule has 0 aliphatic heterocycles. The number of anilines is 1. The molecule has 4 bridgehead atoms. The van der Waals surface area contributed by atoms with Gasteiger partial charge in [-0.1, -0.05) is 12.1 Å². The molecule has 1 atom stereocenters. The highest BCUT2D eigenvalue weighted by Crippen LogP contribution is 2.61. The number of para-hydroxylation sites is 1. The second-order valence-electron chi connectivity index (χ2n) is 9.57. The number of carbonyl (C=O) groups is 2. The summed E-state index contributed by atoms with van der Waals surface area (Å²) in [5.74, 6) is 1.34. The molecule has 8 heteroatoms. The first-order valence-corrected chi connectivity index (χ1v) is 12.6. The first kappa shape index (κ1) is 21.2. The third-order valence-corrected chi connectivity index (χ3v) is 7.75. The zero-order chi connectivity index (χ0) is 21.5. The first-order valence-electron chi connectivity index (χ1n) is 10.7. The van der Waals surface area contributed by atoms with Crippen molar-refractivity contribution in [1.82, 2.24) is 5.32 Å². The number of ether oxygens (including phenoxy) is 1. The molecule has 2 N–H and O–H groups in total. The molecular formula is C22H30N2O5S. The molecule has 0 radical (unpaired) electrons. The zero-order valence-electron chi connectivity index (χ0n) is 17.5. The van der Waals surface area contributed by atoms with E-state index >= 15 is 0 Å². The van der Waals surface area contributed by atoms with Crippen LogP contribution in [0.4, 0.5) is 5.69 Å². The minimum Gasteiger partial charge on any atom is -0.452 e. The molecule has 0 aromatic heterocycles. The Labute approximate surface area is 178 Å². The van der Waals surface area contributed by atoms with Crippen LogP contribution in [0.5, 0.6) is 0 Å². The summed E-state index contributed by atoms with van der Waals surface area (Å²) in [6.07, 6.45) is 8.60. The van der Waals surface area contributed by atoms with Crippen molar-refractivity contribution in [1.29, 1.82) is 0 Å². The molecule has 0 heterocycles. The Balaban J connectivity index is 1.34. The van der Waals surface area contributed by atoms with Crippen LogP contribution in [-0.2, 0) is 19.6 Å². The van der Waals surface area contributed by atoms with E-state index in [2.05, 4.69) is 17.0 Å². The largest absolute Gasteiger partial charge is 0.452 e. The van der Waals surface area contributed by atoms with Crippen LogP contribution in [0.2, 0.25) is 0 Å². The highest BCUT2D eigenvalue weighted by molar-refractivity contribution is 7.92. The van der Waals surface area contributed by atoms with Crippen molar-refractivity contribution >= 4 is 27.6 Å². The van der Waals surface area contributed by atoms with E-state index in [0.717, 1.165) is 24.0 Å². The minimum atomic E-state index is -3.54. The molecule has 0 spiro atoms. The first-order chi connectivity index (χ1) is 14.1. The Morgan fingerprint density at radius 1 is 1.10 bits per heavy atom. The van der Waals surface area contributed by atoms with Crippen molar-refractivity contribution in [2.75, 3.05) is 17.6 Å². The van der Waals surface area contributed by atoms with Gasteiger partial charge in [0.15, 0.2) is 6.61 Å². The molecule has 5 rings (SSSR count). The number of carbonyl (C=O) groups excluding carboxylic acids is 2. The number of amides is 1. The SMILES string of the molecule is CC(NC(=O)COC(=O)c1ccccc1NS(C)(=O)=O)C12CC3CC(CC(C3)C1)C2. The fourth-order valence-corrected chi connectivity index (χ4v) is 6.88. The third-order valence-electron chi connectivity index (χ3n) is 7.16. The van der Waals surface area contributed by atoms with Crippen molar-refractivity contribution in [3.8, 4) is 0 Å². The maximum atomic E-state index is 12.5. The van der Waals surface area contributed by atoms with Crippen LogP contribution in [0.15, 0.2) is 24.3 Å². The van der Waals surface area contributed by atoms with Gasteiger partial charge < -0.3 is 10.1 Å². The Bertz CT molecular complexity index is 907. The fourth-order valence-electron chi connectivity index (χ4n) is 6.30. The summed E-state index contributed by atoms with van der Waals surface area (Å²) >= 11 is 0. The number of rotatable bonds is 7. The van der Waals surface area contributed by atoms with Crippen molar-refractivity contribution < 1.29 is 22.7 Å². The zero-order valence-corrected chi connectivity index (χ0v) is 18.3. The van der Waals surface area contributed by atoms with E-state index in [1.807, 2.05) is 0 Å². The average molecular weight is 435 g/mol. The van der Waals surface area contributed by atoms with Crippen LogP contribution in [0.3, 0.4) is 0 Å². The van der Waals surface area contributed by atoms with Crippen molar-refractivity contribution in [3.05, 3.63) is 29.8 Å². The topological polar surface area (TPSA) is 102 Å². The van der Waals surface area contributed by atoms with Gasteiger partial charge in [-0.05, 0) is 80.8 Å². The summed E-state index contributed by atoms with van der Waals surface area (Å²) in [7, 11) is -3.54. The van der Waals surface area contributed by atoms with E-state index in [1.165, 1.54) is 50.7 Å². The van der Waals surface area contributed by atoms with Gasteiger partial charge in [0.1, 0.15) is 0 Å². The van der Waals surface area contributed by atoms with Gasteiger partial charge in [0, 0.05) is 6.04 Å². The summed E-state index contributed by atoms with van der Waals surface area (Å²) in [6, 6.07) is 6.22. The van der Waals surface area contributed by atoms with E-state index in [1.54, 1.807) is 12.1 Å². The Morgan fingerprint density at radius 2 is 1.67 bits per heavy atom. The smallest absolute Gasteiger partial charge is 0.340 e. The van der Waals surface area contributed by atoms with Crippen LogP contribution in [0, 0.1) is 23.2 Å². The molecule has 4 saturated carbocycles. The van der Waals surface area contributed by atoms with Crippen LogP contribution < -0.4 is 10.0 Å². The van der Waals surface area contributed by atoms with Crippen LogP contribution in [0.25, 0.3) is 0 Å². The number of esters is 1. The van der Waals surface area contributed by atoms with Gasteiger partial charge in [-0.2, -0.15) is 0 Å². The van der Waals surface area contributed by atoms with E-state index in [-0.39, 0.29) is 35.2 Å². The lowest BCUT2D eigenvalue weighted by Gasteiger charge is -2.59. The molecule has 4 fully saturated rings. The lowest BCUT2D eigenvalue weighted by molar-refractivity contribution is -0.128. The standard InChI is InChI=1S/C22H30N2O5S/c1-14(22-10-15-7-16(11-22)9-17(8-15)12-22)23-20(25)13-29-21(26)18-5-3-4-6-19(18)24-30(2,27)28/h3-6,14-17,24H,7-13H2,1-2H3,(H,23,25). The number of hydrogen-bond donors (Lipinski definition) is 2. The highest BCUT2D eigenvalue weighted by Gasteiger charge is 2.53. The summed E-state index contributed by atoms with van der Waals surface area (Å²) in [5.41, 5.74) is 0.387. The van der Waals surface area contributed by atoms with Gasteiger partial charge in [0.2, 0.25) is 10.0 Å². The van der Waals surface area contributed by atoms with Gasteiger partial charge in [-0.3, -0.25) is 9.52 Å². The minimum absolute atomic E-state index is 0.0521. The second kappa shape index (κ2) is 7.87. The van der Waals surface area contributed by atoms with Gasteiger partial charge in [-0.15, -0.1) is 0 Å². The lowest BCUT2D eigenvalue weighted by Crippen LogP contribution is -2.56. The lowest BCUT2D eigenvalue weighted by atomic mass is 9.48. The van der Waals surface area contributed by atoms with E-state index < -0.39 is 16.0 Å². The van der Waals surface area contributed by atoms with Crippen molar-refractivity contribution in [3.63, 3.8) is 0 Å². The monoisotopic (exact) mass is 434 g/mol. The van der Waals surface area contributed by atoms with Crippen molar-refractivity contribution in [2.45, 2.75) is 51.5 Å². The third kappa shape index (κ3) is 4.48. The van der Waals surface area contributed by atoms with Crippen LogP contribution in [-0.4, -0.2) is 39.2 Å². The summed E-state index contributed by atoms with van der Waals surface area (Å²) in [5, 5.41) is 3.07. The molecule has 1 aromatic carbocycles. The van der Waals surface area contributed by atoms with E-state index in [0.29, 0.717) is 0 Å². The number of benzene rings is 1. The van der Waals surface area contributed by atoms with Crippen LogP contribution >= 0.6 is 0 Å². The Hall–Kier alpha value is -2.09. The van der Waals surface area contributed by atoms with Crippen molar-refractivity contribution in [2.24, 2.45) is 23.2 Å². The van der Waals surface area contributed by atoms with E-state index in [4.69, 9.17) is 4.74 Å². The molecule has 30 heavy (non-hydrogen) atoms. The average Bonchev–Trinajstić information content (AvgIpc) is 2.64. The van der Waals surface area contributed by atoms with Gasteiger partial charge in [0.25, 0.3) is 5.91 Å². The van der Waals surface area contributed by atoms with Gasteiger partial charge in [-0.25, -0.2) is 13.2 Å². The molecule has 4 aliphatic rings. The molecule has 1 aromatic rings. The second-order valence-corrected chi connectivity index (χ2v) is 11.3. The fraction of sp³-hybridized carbons (Fsp3) is 0.636. The Kier molecular flexibility index (Phi) is 5.55. The predicted molar refractivity (Wildman–Crippen MR) is 113 cm³/mol. The maximum absolute atomic E-state index is 12.5. The molecular weight excluding hydrogens is 404 g/mol. The Morgan fingerprint density at radius 3 is 2.23 bits per heavy atom. The molecule has 1 unspecified atom stereocenters. The summed E-state index contributed by atoms with van der Waals surface area (Å²) < 4.78 is 30.5. The van der Waals surface area contributed by atoms with Gasteiger partial charge >= 0.3 is 5.97 Å². The summed E-state index contributed by atoms with van der Waals surface area (Å²) in [6.45, 7) is 1.70. The number of sulfonamides is 1. The molecule has 164 valence electrons. The van der Waals surface area contributed by atoms with Crippen LogP contribution in [0.1, 0.15) is 55.8 Å². The quantitative estimate of drug-likeness (QED) is 0.643. The maximum Gasteiger partial charge on any atom is 0.340 e. The van der Waals surface area contributed by atoms with E-state index in [9.17, 15) is 18.0 Å². The normalized spacial score (nSPS) is 30.5. The number of hydrogen-bond acceptors (Lipinski definition) is 5. The number of nitrogens with one attached hydrogen (secondary N) is 2. The van der Waals surface area contributed by atoms with Gasteiger partial charge in [0.05, 0.1) is 17.5 Å². The molecule has 4 aliphatic carbocycles. The highest BCUT2D eigenvalue weighted by atomic mass is 32.2. The molecule has 7 nitrogen and oxygen atoms in total.